The summed E-state index contributed by atoms with van der Waals surface area (Å²) in [5.41, 5.74) is 3.47. The Kier molecular flexibility index (Phi) is 3.66. The molecule has 1 heterocycles. The molecule has 1 rings (SSSR count). The average Bonchev–Trinajstić information content (AvgIpc) is 2.39. The molecule has 1 aromatic heterocycles. The number of rotatable bonds is 4. The molecule has 0 aromatic carbocycles. The molecule has 0 aliphatic heterocycles. The quantitative estimate of drug-likeness (QED) is 0.739. The highest BCUT2D eigenvalue weighted by molar-refractivity contribution is 5.24. The Morgan fingerprint density at radius 1 is 1.50 bits per heavy atom. The van der Waals surface area contributed by atoms with Crippen LogP contribution in [0, 0.1) is 13.8 Å². The molecule has 0 unspecified atom stereocenters. The summed E-state index contributed by atoms with van der Waals surface area (Å²) in [6.45, 7) is 6.96. The fourth-order valence-corrected chi connectivity index (χ4v) is 1.41. The van der Waals surface area contributed by atoms with Crippen molar-refractivity contribution in [1.82, 2.24) is 15.1 Å². The minimum atomic E-state index is 0.133. The Labute approximate surface area is 84.9 Å². The van der Waals surface area contributed by atoms with Gasteiger partial charge in [0.05, 0.1) is 12.3 Å². The van der Waals surface area contributed by atoms with Crippen LogP contribution >= 0.6 is 0 Å². The summed E-state index contributed by atoms with van der Waals surface area (Å²) in [6, 6.07) is 0.133. The van der Waals surface area contributed by atoms with Gasteiger partial charge in [-0.3, -0.25) is 4.68 Å². The van der Waals surface area contributed by atoms with E-state index in [1.54, 1.807) is 0 Å². The molecule has 2 N–H and O–H groups in total. The van der Waals surface area contributed by atoms with E-state index in [2.05, 4.69) is 17.3 Å². The fourth-order valence-electron chi connectivity index (χ4n) is 1.41. The molecule has 0 saturated heterocycles. The van der Waals surface area contributed by atoms with Crippen LogP contribution in [0.2, 0.25) is 0 Å². The van der Waals surface area contributed by atoms with Crippen LogP contribution in [0.3, 0.4) is 0 Å². The smallest absolute Gasteiger partial charge is 0.0641 e. The van der Waals surface area contributed by atoms with Gasteiger partial charge in [-0.05, 0) is 20.8 Å². The van der Waals surface area contributed by atoms with Crippen molar-refractivity contribution in [2.45, 2.75) is 33.4 Å². The molecule has 0 bridgehead atoms. The molecule has 0 aliphatic carbocycles. The predicted molar refractivity (Wildman–Crippen MR) is 56.1 cm³/mol. The third kappa shape index (κ3) is 2.33. The van der Waals surface area contributed by atoms with Crippen LogP contribution in [0.5, 0.6) is 0 Å². The van der Waals surface area contributed by atoms with Crippen molar-refractivity contribution < 1.29 is 5.11 Å². The van der Waals surface area contributed by atoms with Crippen molar-refractivity contribution in [3.8, 4) is 0 Å². The first-order valence-corrected chi connectivity index (χ1v) is 4.89. The lowest BCUT2D eigenvalue weighted by Gasteiger charge is -2.10. The Hall–Kier alpha value is -0.870. The number of aliphatic hydroxyl groups excluding tert-OH is 1. The third-order valence-corrected chi connectivity index (χ3v) is 2.56. The number of hydrogen-bond donors (Lipinski definition) is 2. The molecule has 0 spiro atoms. The maximum absolute atomic E-state index is 8.87. The SMILES string of the molecule is Cc1nn(C)c(C)c1CN[C@@H](C)CO. The zero-order chi connectivity index (χ0) is 10.7. The topological polar surface area (TPSA) is 50.1 Å². The first-order valence-electron chi connectivity index (χ1n) is 4.89. The van der Waals surface area contributed by atoms with Gasteiger partial charge in [-0.15, -0.1) is 0 Å². The van der Waals surface area contributed by atoms with Crippen molar-refractivity contribution in [1.29, 1.82) is 0 Å². The molecule has 0 saturated carbocycles. The molecule has 1 aromatic rings. The number of aromatic nitrogens is 2. The zero-order valence-electron chi connectivity index (χ0n) is 9.33. The highest BCUT2D eigenvalue weighted by Gasteiger charge is 2.09. The van der Waals surface area contributed by atoms with Gasteiger partial charge in [0.15, 0.2) is 0 Å². The van der Waals surface area contributed by atoms with Crippen molar-refractivity contribution in [2.24, 2.45) is 7.05 Å². The number of aryl methyl sites for hydroxylation is 2. The van der Waals surface area contributed by atoms with E-state index in [4.69, 9.17) is 5.11 Å². The molecule has 4 nitrogen and oxygen atoms in total. The third-order valence-electron chi connectivity index (χ3n) is 2.56. The van der Waals surface area contributed by atoms with Gasteiger partial charge >= 0.3 is 0 Å². The summed E-state index contributed by atoms with van der Waals surface area (Å²) in [5.74, 6) is 0. The van der Waals surface area contributed by atoms with E-state index in [1.807, 2.05) is 25.6 Å². The van der Waals surface area contributed by atoms with Crippen LogP contribution in [0.4, 0.5) is 0 Å². The molecule has 80 valence electrons. The van der Waals surface area contributed by atoms with Crippen LogP contribution in [0.15, 0.2) is 0 Å². The highest BCUT2D eigenvalue weighted by atomic mass is 16.3. The first kappa shape index (κ1) is 11.2. The summed E-state index contributed by atoms with van der Waals surface area (Å²) < 4.78 is 1.88. The van der Waals surface area contributed by atoms with E-state index in [0.717, 1.165) is 12.2 Å². The lowest BCUT2D eigenvalue weighted by molar-refractivity contribution is 0.251. The van der Waals surface area contributed by atoms with Crippen molar-refractivity contribution in [3.05, 3.63) is 17.0 Å². The summed E-state index contributed by atoms with van der Waals surface area (Å²) in [4.78, 5) is 0. The highest BCUT2D eigenvalue weighted by Crippen LogP contribution is 2.11. The summed E-state index contributed by atoms with van der Waals surface area (Å²) in [5, 5.41) is 16.4. The van der Waals surface area contributed by atoms with Gasteiger partial charge in [0.2, 0.25) is 0 Å². The maximum Gasteiger partial charge on any atom is 0.0641 e. The molecule has 14 heavy (non-hydrogen) atoms. The monoisotopic (exact) mass is 197 g/mol. The number of aliphatic hydroxyl groups is 1. The lowest BCUT2D eigenvalue weighted by atomic mass is 10.2. The van der Waals surface area contributed by atoms with E-state index in [1.165, 1.54) is 11.3 Å². The van der Waals surface area contributed by atoms with Crippen LogP contribution in [-0.2, 0) is 13.6 Å². The molecule has 0 fully saturated rings. The summed E-state index contributed by atoms with van der Waals surface area (Å²) in [7, 11) is 1.95. The fraction of sp³-hybridized carbons (Fsp3) is 0.700. The zero-order valence-corrected chi connectivity index (χ0v) is 9.33. The Morgan fingerprint density at radius 2 is 2.14 bits per heavy atom. The second kappa shape index (κ2) is 4.57. The van der Waals surface area contributed by atoms with Crippen LogP contribution in [-0.4, -0.2) is 27.5 Å². The molecule has 1 atom stereocenters. The molecular formula is C10H19N3O. The normalized spacial score (nSPS) is 13.2. The van der Waals surface area contributed by atoms with Gasteiger partial charge in [-0.2, -0.15) is 5.10 Å². The second-order valence-electron chi connectivity index (χ2n) is 3.74. The van der Waals surface area contributed by atoms with Gasteiger partial charge in [0.1, 0.15) is 0 Å². The van der Waals surface area contributed by atoms with E-state index >= 15 is 0 Å². The maximum atomic E-state index is 8.87. The van der Waals surface area contributed by atoms with E-state index < -0.39 is 0 Å². The Bertz CT molecular complexity index is 307. The van der Waals surface area contributed by atoms with Gasteiger partial charge in [-0.25, -0.2) is 0 Å². The first-order chi connectivity index (χ1) is 6.56. The standard InChI is InChI=1S/C10H19N3O/c1-7(6-14)11-5-10-8(2)12-13(4)9(10)3/h7,11,14H,5-6H2,1-4H3/t7-/m0/s1. The Morgan fingerprint density at radius 3 is 2.57 bits per heavy atom. The van der Waals surface area contributed by atoms with Crippen LogP contribution < -0.4 is 5.32 Å². The lowest BCUT2D eigenvalue weighted by Crippen LogP contribution is -2.29. The number of nitrogens with one attached hydrogen (secondary N) is 1. The molecular weight excluding hydrogens is 178 g/mol. The summed E-state index contributed by atoms with van der Waals surface area (Å²) in [6.07, 6.45) is 0. The summed E-state index contributed by atoms with van der Waals surface area (Å²) >= 11 is 0. The van der Waals surface area contributed by atoms with E-state index in [-0.39, 0.29) is 12.6 Å². The molecule has 4 heteroatoms. The number of nitrogens with zero attached hydrogens (tertiary/aromatic N) is 2. The average molecular weight is 197 g/mol. The Balaban J connectivity index is 2.67. The van der Waals surface area contributed by atoms with Crippen LogP contribution in [0.1, 0.15) is 23.9 Å². The van der Waals surface area contributed by atoms with E-state index in [9.17, 15) is 0 Å². The van der Waals surface area contributed by atoms with Gasteiger partial charge in [-0.1, -0.05) is 0 Å². The van der Waals surface area contributed by atoms with Gasteiger partial charge < -0.3 is 10.4 Å². The molecule has 0 radical (unpaired) electrons. The van der Waals surface area contributed by atoms with Gasteiger partial charge in [0.25, 0.3) is 0 Å². The molecule has 0 amide bonds. The predicted octanol–water partition coefficient (Wildman–Crippen LogP) is 0.507. The minimum absolute atomic E-state index is 0.133. The minimum Gasteiger partial charge on any atom is -0.395 e. The van der Waals surface area contributed by atoms with Crippen molar-refractivity contribution in [2.75, 3.05) is 6.61 Å². The van der Waals surface area contributed by atoms with Crippen LogP contribution in [0.25, 0.3) is 0 Å². The second-order valence-corrected chi connectivity index (χ2v) is 3.74. The van der Waals surface area contributed by atoms with Gasteiger partial charge in [0, 0.05) is 30.9 Å². The van der Waals surface area contributed by atoms with Crippen molar-refractivity contribution in [3.63, 3.8) is 0 Å². The molecule has 0 aliphatic rings. The van der Waals surface area contributed by atoms with Crippen molar-refractivity contribution >= 4 is 0 Å². The van der Waals surface area contributed by atoms with E-state index in [0.29, 0.717) is 0 Å². The largest absolute Gasteiger partial charge is 0.395 e. The number of hydrogen-bond acceptors (Lipinski definition) is 3.